The van der Waals surface area contributed by atoms with Crippen LogP contribution in [0.25, 0.3) is 0 Å². The molecule has 0 bridgehead atoms. The molecular formula is C10H14O4. The van der Waals surface area contributed by atoms with Gasteiger partial charge in [-0.1, -0.05) is 0 Å². The summed E-state index contributed by atoms with van der Waals surface area (Å²) in [4.78, 5) is 21.8. The van der Waals surface area contributed by atoms with Crippen molar-refractivity contribution in [3.8, 4) is 0 Å². The molecule has 0 amide bonds. The van der Waals surface area contributed by atoms with Gasteiger partial charge in [0.2, 0.25) is 0 Å². The summed E-state index contributed by atoms with van der Waals surface area (Å²) in [7, 11) is 0. The van der Waals surface area contributed by atoms with Crippen LogP contribution < -0.4 is 0 Å². The predicted octanol–water partition coefficient (Wildman–Crippen LogP) is 0.891. The zero-order chi connectivity index (χ0) is 10.1. The summed E-state index contributed by atoms with van der Waals surface area (Å²) in [5.41, 5.74) is 0. The van der Waals surface area contributed by atoms with Crippen LogP contribution in [0.15, 0.2) is 0 Å². The second-order valence-corrected chi connectivity index (χ2v) is 4.11. The highest BCUT2D eigenvalue weighted by atomic mass is 16.5. The summed E-state index contributed by atoms with van der Waals surface area (Å²) in [5, 5.41) is 0. The minimum Gasteiger partial charge on any atom is -0.465 e. The molecule has 3 atom stereocenters. The van der Waals surface area contributed by atoms with Gasteiger partial charge in [0.25, 0.3) is 0 Å². The number of ether oxygens (including phenoxy) is 2. The molecular weight excluding hydrogens is 184 g/mol. The lowest BCUT2D eigenvalue weighted by atomic mass is 9.92. The van der Waals surface area contributed by atoms with Gasteiger partial charge >= 0.3 is 11.9 Å². The maximum atomic E-state index is 11.0. The third-order valence-electron chi connectivity index (χ3n) is 3.02. The Morgan fingerprint density at radius 1 is 1.43 bits per heavy atom. The fourth-order valence-electron chi connectivity index (χ4n) is 2.41. The summed E-state index contributed by atoms with van der Waals surface area (Å²) in [5.74, 6) is 0.410. The third-order valence-corrected chi connectivity index (χ3v) is 3.02. The van der Waals surface area contributed by atoms with Gasteiger partial charge in [-0.3, -0.25) is 9.59 Å². The third kappa shape index (κ3) is 1.89. The van der Waals surface area contributed by atoms with E-state index in [9.17, 15) is 9.59 Å². The average molecular weight is 198 g/mol. The molecule has 1 saturated heterocycles. The van der Waals surface area contributed by atoms with Gasteiger partial charge in [-0.15, -0.1) is 0 Å². The van der Waals surface area contributed by atoms with E-state index >= 15 is 0 Å². The van der Waals surface area contributed by atoms with Crippen LogP contribution in [-0.2, 0) is 19.1 Å². The van der Waals surface area contributed by atoms with Gasteiger partial charge in [0, 0.05) is 19.3 Å². The Morgan fingerprint density at radius 3 is 2.86 bits per heavy atom. The van der Waals surface area contributed by atoms with E-state index in [4.69, 9.17) is 9.47 Å². The Bertz CT molecular complexity index is 261. The molecule has 0 N–H and O–H groups in total. The van der Waals surface area contributed by atoms with Gasteiger partial charge < -0.3 is 9.47 Å². The fourth-order valence-corrected chi connectivity index (χ4v) is 2.41. The molecule has 2 rings (SSSR count). The number of carbonyl (C=O) groups is 2. The van der Waals surface area contributed by atoms with Gasteiger partial charge in [0.15, 0.2) is 0 Å². The second-order valence-electron chi connectivity index (χ2n) is 4.11. The van der Waals surface area contributed by atoms with Gasteiger partial charge in [0.1, 0.15) is 6.10 Å². The maximum Gasteiger partial charge on any atom is 0.306 e. The Hall–Kier alpha value is -1.06. The van der Waals surface area contributed by atoms with E-state index in [1.165, 1.54) is 6.92 Å². The van der Waals surface area contributed by atoms with Crippen molar-refractivity contribution in [1.29, 1.82) is 0 Å². The second kappa shape index (κ2) is 3.59. The van der Waals surface area contributed by atoms with Crippen molar-refractivity contribution in [2.75, 3.05) is 6.61 Å². The summed E-state index contributed by atoms with van der Waals surface area (Å²) in [6.45, 7) is 1.92. The van der Waals surface area contributed by atoms with Crippen molar-refractivity contribution in [3.05, 3.63) is 0 Å². The molecule has 0 radical (unpaired) electrons. The van der Waals surface area contributed by atoms with E-state index < -0.39 is 0 Å². The highest BCUT2D eigenvalue weighted by molar-refractivity contribution is 5.70. The minimum atomic E-state index is -0.235. The van der Waals surface area contributed by atoms with E-state index in [1.807, 2.05) is 0 Å². The standard InChI is InChI=1S/C10H14O4/c1-6(11)14-9-2-7-4-10(12)13-5-8(7)3-9/h7-9H,2-5H2,1H3/t7-,8+,9-/m1/s1. The molecule has 2 fully saturated rings. The quantitative estimate of drug-likeness (QED) is 0.587. The molecule has 0 unspecified atom stereocenters. The van der Waals surface area contributed by atoms with Crippen LogP contribution in [0.4, 0.5) is 0 Å². The lowest BCUT2D eigenvalue weighted by Gasteiger charge is -2.23. The summed E-state index contributed by atoms with van der Waals surface area (Å²) < 4.78 is 10.1. The van der Waals surface area contributed by atoms with E-state index in [1.54, 1.807) is 0 Å². The number of hydrogen-bond donors (Lipinski definition) is 0. The number of esters is 2. The van der Waals surface area contributed by atoms with E-state index in [-0.39, 0.29) is 18.0 Å². The smallest absolute Gasteiger partial charge is 0.306 e. The van der Waals surface area contributed by atoms with Crippen LogP contribution in [0.1, 0.15) is 26.2 Å². The minimum absolute atomic E-state index is 0.00278. The summed E-state index contributed by atoms with van der Waals surface area (Å²) in [6, 6.07) is 0. The topological polar surface area (TPSA) is 52.6 Å². The van der Waals surface area contributed by atoms with E-state index in [0.29, 0.717) is 24.9 Å². The van der Waals surface area contributed by atoms with Gasteiger partial charge in [-0.05, 0) is 18.8 Å². The molecule has 0 spiro atoms. The van der Waals surface area contributed by atoms with Gasteiger partial charge in [0.05, 0.1) is 6.61 Å². The molecule has 4 nitrogen and oxygen atoms in total. The molecule has 14 heavy (non-hydrogen) atoms. The molecule has 0 aromatic heterocycles. The zero-order valence-corrected chi connectivity index (χ0v) is 8.19. The normalized spacial score (nSPS) is 36.1. The first-order valence-corrected chi connectivity index (χ1v) is 4.98. The first-order chi connectivity index (χ1) is 6.65. The number of carbonyl (C=O) groups excluding carboxylic acids is 2. The first kappa shape index (κ1) is 9.49. The molecule has 78 valence electrons. The molecule has 2 aliphatic rings. The highest BCUT2D eigenvalue weighted by Gasteiger charge is 2.40. The Labute approximate surface area is 82.6 Å². The first-order valence-electron chi connectivity index (χ1n) is 4.98. The molecule has 1 heterocycles. The number of hydrogen-bond acceptors (Lipinski definition) is 4. The van der Waals surface area contributed by atoms with Gasteiger partial charge in [-0.25, -0.2) is 0 Å². The van der Waals surface area contributed by atoms with Crippen LogP contribution in [0.5, 0.6) is 0 Å². The van der Waals surface area contributed by atoms with Crippen molar-refractivity contribution >= 4 is 11.9 Å². The van der Waals surface area contributed by atoms with Crippen LogP contribution in [0.3, 0.4) is 0 Å². The molecule has 4 heteroatoms. The molecule has 0 aromatic rings. The molecule has 1 aliphatic carbocycles. The van der Waals surface area contributed by atoms with Crippen molar-refractivity contribution in [3.63, 3.8) is 0 Å². The molecule has 0 aromatic carbocycles. The molecule has 1 saturated carbocycles. The monoisotopic (exact) mass is 198 g/mol. The Kier molecular flexibility index (Phi) is 2.44. The van der Waals surface area contributed by atoms with Crippen LogP contribution >= 0.6 is 0 Å². The fraction of sp³-hybridized carbons (Fsp3) is 0.800. The van der Waals surface area contributed by atoms with Crippen molar-refractivity contribution < 1.29 is 19.1 Å². The highest BCUT2D eigenvalue weighted by Crippen LogP contribution is 2.38. The SMILES string of the molecule is CC(=O)O[C@H]1C[C@H]2COC(=O)C[C@H]2C1. The Morgan fingerprint density at radius 2 is 2.14 bits per heavy atom. The largest absolute Gasteiger partial charge is 0.465 e. The van der Waals surface area contributed by atoms with Crippen molar-refractivity contribution in [2.24, 2.45) is 11.8 Å². The van der Waals surface area contributed by atoms with Crippen molar-refractivity contribution in [1.82, 2.24) is 0 Å². The van der Waals surface area contributed by atoms with Crippen LogP contribution in [0.2, 0.25) is 0 Å². The van der Waals surface area contributed by atoms with Crippen LogP contribution in [0, 0.1) is 11.8 Å². The number of cyclic esters (lactones) is 1. The van der Waals surface area contributed by atoms with E-state index in [2.05, 4.69) is 0 Å². The van der Waals surface area contributed by atoms with Crippen LogP contribution in [-0.4, -0.2) is 24.6 Å². The molecule has 1 aliphatic heterocycles. The lowest BCUT2D eigenvalue weighted by Crippen LogP contribution is -2.26. The van der Waals surface area contributed by atoms with Gasteiger partial charge in [-0.2, -0.15) is 0 Å². The number of rotatable bonds is 1. The zero-order valence-electron chi connectivity index (χ0n) is 8.19. The predicted molar refractivity (Wildman–Crippen MR) is 47.3 cm³/mol. The maximum absolute atomic E-state index is 11.0. The lowest BCUT2D eigenvalue weighted by molar-refractivity contribution is -0.152. The average Bonchev–Trinajstić information content (AvgIpc) is 2.44. The van der Waals surface area contributed by atoms with Crippen molar-refractivity contribution in [2.45, 2.75) is 32.3 Å². The number of fused-ring (bicyclic) bond motifs is 1. The summed E-state index contributed by atoms with van der Waals surface area (Å²) >= 11 is 0. The van der Waals surface area contributed by atoms with E-state index in [0.717, 1.165) is 12.8 Å². The Balaban J connectivity index is 1.92. The summed E-state index contributed by atoms with van der Waals surface area (Å²) in [6.07, 6.45) is 2.15.